The molecule has 0 spiro atoms. The first-order valence-corrected chi connectivity index (χ1v) is 15.7. The lowest BCUT2D eigenvalue weighted by Crippen LogP contribution is -2.17. The molecule has 0 N–H and O–H groups in total. The van der Waals surface area contributed by atoms with E-state index in [1.165, 1.54) is 27.8 Å². The third kappa shape index (κ3) is 5.50. The first-order valence-electron chi connectivity index (χ1n) is 18.2. The van der Waals surface area contributed by atoms with E-state index in [4.69, 9.17) is 6.85 Å². The van der Waals surface area contributed by atoms with Crippen LogP contribution in [0.4, 0.5) is 0 Å². The van der Waals surface area contributed by atoms with Gasteiger partial charge >= 0.3 is 0 Å². The Hall–Kier alpha value is -4.10. The van der Waals surface area contributed by atoms with E-state index in [1.807, 2.05) is 12.1 Å². The van der Waals surface area contributed by atoms with Crippen molar-refractivity contribution in [3.05, 3.63) is 137 Å². The van der Waals surface area contributed by atoms with E-state index in [-0.39, 0.29) is 52.9 Å². The predicted octanol–water partition coefficient (Wildman–Crippen LogP) is 11.9. The molecule has 0 saturated heterocycles. The minimum absolute atomic E-state index is 0.0392. The van der Waals surface area contributed by atoms with Crippen LogP contribution >= 0.6 is 0 Å². The maximum absolute atomic E-state index is 8.75. The Morgan fingerprint density at radius 2 is 1.20 bits per heavy atom. The summed E-state index contributed by atoms with van der Waals surface area (Å²) in [5.41, 5.74) is 10.2. The number of hydrogen-bond acceptors (Lipinski definition) is 0. The molecular formula is C43H47N. The molecule has 1 nitrogen and oxygen atoms in total. The molecule has 44 heavy (non-hydrogen) atoms. The van der Waals surface area contributed by atoms with Gasteiger partial charge in [0.25, 0.3) is 0 Å². The summed E-state index contributed by atoms with van der Waals surface area (Å²) < 4.78 is 44.7. The van der Waals surface area contributed by atoms with Gasteiger partial charge < -0.3 is 4.57 Å². The summed E-state index contributed by atoms with van der Waals surface area (Å²) in [6.07, 6.45) is 0.211. The maximum Gasteiger partial charge on any atom is 0.0626 e. The Morgan fingerprint density at radius 3 is 1.80 bits per heavy atom. The number of rotatable bonds is 4. The van der Waals surface area contributed by atoms with Gasteiger partial charge in [-0.2, -0.15) is 0 Å². The van der Waals surface area contributed by atoms with Crippen molar-refractivity contribution in [2.24, 2.45) is 0 Å². The van der Waals surface area contributed by atoms with Gasteiger partial charge in [-0.1, -0.05) is 147 Å². The van der Waals surface area contributed by atoms with Gasteiger partial charge in [-0.3, -0.25) is 0 Å². The van der Waals surface area contributed by atoms with Crippen LogP contribution in [0, 0.1) is 0 Å². The van der Waals surface area contributed by atoms with Crippen molar-refractivity contribution in [1.82, 2.24) is 4.57 Å². The smallest absolute Gasteiger partial charge is 0.0626 e. The molecule has 0 radical (unpaired) electrons. The Balaban J connectivity index is 1.79. The molecule has 6 rings (SSSR count). The van der Waals surface area contributed by atoms with Crippen LogP contribution in [0.25, 0.3) is 38.6 Å². The fourth-order valence-electron chi connectivity index (χ4n) is 6.45. The van der Waals surface area contributed by atoms with Crippen molar-refractivity contribution >= 4 is 21.8 Å². The van der Waals surface area contributed by atoms with Crippen molar-refractivity contribution in [3.63, 3.8) is 0 Å². The molecule has 0 atom stereocenters. The van der Waals surface area contributed by atoms with E-state index in [1.54, 1.807) is 0 Å². The molecule has 0 bridgehead atoms. The molecule has 6 aromatic rings. The zero-order chi connectivity index (χ0) is 35.8. The molecule has 0 aliphatic rings. The molecule has 1 heteroatoms. The lowest BCUT2D eigenvalue weighted by molar-refractivity contribution is 0.568. The fraction of sp³-hybridized carbons (Fsp3) is 0.302. The van der Waals surface area contributed by atoms with E-state index in [0.717, 1.165) is 33.1 Å². The minimum atomic E-state index is -0.371. The molecule has 0 saturated carbocycles. The average Bonchev–Trinajstić information content (AvgIpc) is 3.38. The van der Waals surface area contributed by atoms with E-state index in [9.17, 15) is 0 Å². The van der Waals surface area contributed by atoms with E-state index in [0.29, 0.717) is 5.56 Å². The summed E-state index contributed by atoms with van der Waals surface area (Å²) in [6.45, 7) is 20.4. The zero-order valence-electron chi connectivity index (χ0n) is 32.7. The Labute approximate surface area is 271 Å². The first kappa shape index (κ1) is 24.2. The molecule has 1 heterocycles. The summed E-state index contributed by atoms with van der Waals surface area (Å²) >= 11 is 0. The summed E-state index contributed by atoms with van der Waals surface area (Å²) in [7, 11) is 0. The predicted molar refractivity (Wildman–Crippen MR) is 192 cm³/mol. The number of aromatic nitrogens is 1. The van der Waals surface area contributed by atoms with Crippen molar-refractivity contribution < 1.29 is 6.85 Å². The molecular weight excluding hydrogens is 530 g/mol. The molecule has 0 aliphatic heterocycles. The van der Waals surface area contributed by atoms with Crippen LogP contribution in [0.15, 0.2) is 109 Å². The third-order valence-electron chi connectivity index (χ3n) is 8.70. The molecule has 0 unspecified atom stereocenters. The number of hydrogen-bond donors (Lipinski definition) is 0. The second-order valence-electron chi connectivity index (χ2n) is 15.2. The maximum atomic E-state index is 8.75. The summed E-state index contributed by atoms with van der Waals surface area (Å²) in [4.78, 5) is 0. The van der Waals surface area contributed by atoms with Crippen molar-refractivity contribution in [2.45, 2.75) is 85.0 Å². The highest BCUT2D eigenvalue weighted by atomic mass is 15.0. The van der Waals surface area contributed by atoms with E-state index in [2.05, 4.69) is 134 Å². The lowest BCUT2D eigenvalue weighted by atomic mass is 9.75. The Bertz CT molecular complexity index is 2180. The van der Waals surface area contributed by atoms with Crippen LogP contribution in [0.1, 0.15) is 97.0 Å². The Kier molecular flexibility index (Phi) is 5.96. The van der Waals surface area contributed by atoms with Crippen LogP contribution < -0.4 is 0 Å². The van der Waals surface area contributed by atoms with Crippen molar-refractivity contribution in [2.75, 3.05) is 0 Å². The fourth-order valence-corrected chi connectivity index (χ4v) is 6.45. The van der Waals surface area contributed by atoms with E-state index >= 15 is 0 Å². The third-order valence-corrected chi connectivity index (χ3v) is 8.70. The van der Waals surface area contributed by atoms with Crippen LogP contribution in [-0.2, 0) is 22.7 Å². The largest absolute Gasteiger partial charge is 0.309 e. The van der Waals surface area contributed by atoms with Gasteiger partial charge in [0.15, 0.2) is 0 Å². The lowest BCUT2D eigenvalue weighted by Gasteiger charge is -2.29. The van der Waals surface area contributed by atoms with Crippen LogP contribution in [0.2, 0.25) is 0 Å². The van der Waals surface area contributed by atoms with Gasteiger partial charge in [0.1, 0.15) is 0 Å². The molecule has 224 valence electrons. The highest BCUT2D eigenvalue weighted by Crippen LogP contribution is 2.46. The van der Waals surface area contributed by atoms with Crippen LogP contribution in [0.3, 0.4) is 0 Å². The van der Waals surface area contributed by atoms with Crippen LogP contribution in [0.5, 0.6) is 0 Å². The topological polar surface area (TPSA) is 4.93 Å². The normalized spacial score (nSPS) is 14.3. The zero-order valence-corrected chi connectivity index (χ0v) is 27.7. The van der Waals surface area contributed by atoms with Gasteiger partial charge in [0.2, 0.25) is 0 Å². The number of fused-ring (bicyclic) bond motifs is 3. The Morgan fingerprint density at radius 1 is 0.591 bits per heavy atom. The SMILES string of the molecule is [2H]c1c([2H])c([2H])c(Cc2cccc3c2c2c(C(C)(C)C)c(-c4cc(C(C)(C)C)cc(C(C)(C)C)c4)ccc2n3-c2ccccc2)c([2H])c1[2H]. The van der Waals surface area contributed by atoms with Gasteiger partial charge in [-0.05, 0) is 85.9 Å². The second kappa shape index (κ2) is 10.8. The van der Waals surface area contributed by atoms with Crippen molar-refractivity contribution in [3.8, 4) is 16.8 Å². The monoisotopic (exact) mass is 582 g/mol. The first-order chi connectivity index (χ1) is 22.8. The highest BCUT2D eigenvalue weighted by molar-refractivity contribution is 6.14. The van der Waals surface area contributed by atoms with Crippen molar-refractivity contribution in [1.29, 1.82) is 0 Å². The highest BCUT2D eigenvalue weighted by Gasteiger charge is 2.29. The number of benzene rings is 5. The summed E-state index contributed by atoms with van der Waals surface area (Å²) in [5, 5.41) is 2.17. The van der Waals surface area contributed by atoms with Crippen LogP contribution in [-0.4, -0.2) is 4.57 Å². The van der Waals surface area contributed by atoms with Gasteiger partial charge in [-0.15, -0.1) is 0 Å². The number of nitrogens with zero attached hydrogens (tertiary/aromatic N) is 1. The molecule has 0 fully saturated rings. The molecule has 1 aromatic heterocycles. The second-order valence-corrected chi connectivity index (χ2v) is 15.2. The molecule has 0 amide bonds. The van der Waals surface area contributed by atoms with Gasteiger partial charge in [0, 0.05) is 16.5 Å². The summed E-state index contributed by atoms with van der Waals surface area (Å²) in [5.74, 6) is 0. The standard InChI is InChI=1S/C43H47N/c1-41(2,3)32-26-31(27-33(28-32)42(4,5)6)35-23-24-37-39(40(35)43(7,8)9)38-30(25-29-17-12-10-13-18-29)19-16-22-36(38)44(37)34-20-14-11-15-21-34/h10-24,26-28H,25H2,1-9H3/i10D,12D,13D,17D,18D. The molecule has 5 aromatic carbocycles. The van der Waals surface area contributed by atoms with Gasteiger partial charge in [-0.25, -0.2) is 0 Å². The quantitative estimate of drug-likeness (QED) is 0.195. The minimum Gasteiger partial charge on any atom is -0.309 e. The summed E-state index contributed by atoms with van der Waals surface area (Å²) in [6, 6.07) is 26.9. The molecule has 0 aliphatic carbocycles. The average molecular weight is 583 g/mol. The van der Waals surface area contributed by atoms with E-state index < -0.39 is 0 Å². The number of para-hydroxylation sites is 1. The van der Waals surface area contributed by atoms with Gasteiger partial charge in [0.05, 0.1) is 17.9 Å².